The van der Waals surface area contributed by atoms with Gasteiger partial charge in [-0.25, -0.2) is 9.18 Å². The van der Waals surface area contributed by atoms with Gasteiger partial charge in [0.25, 0.3) is 0 Å². The van der Waals surface area contributed by atoms with E-state index in [1.54, 1.807) is 23.5 Å². The molecule has 25 heavy (non-hydrogen) atoms. The first-order valence-electron chi connectivity index (χ1n) is 7.15. The molecule has 8 heteroatoms. The molecule has 128 valence electrons. The minimum Gasteiger partial charge on any atom is -0.465 e. The van der Waals surface area contributed by atoms with Gasteiger partial charge >= 0.3 is 5.97 Å². The van der Waals surface area contributed by atoms with E-state index in [1.807, 2.05) is 22.9 Å². The molecule has 0 atom stereocenters. The predicted molar refractivity (Wildman–Crippen MR) is 105 cm³/mol. The van der Waals surface area contributed by atoms with E-state index < -0.39 is 5.97 Å². The largest absolute Gasteiger partial charge is 0.465 e. The number of hydrogen-bond acceptors (Lipinski definition) is 5. The predicted octanol–water partition coefficient (Wildman–Crippen LogP) is 5.21. The molecule has 2 heterocycles. The third kappa shape index (κ3) is 4.04. The van der Waals surface area contributed by atoms with Crippen molar-refractivity contribution in [2.24, 2.45) is 0 Å². The van der Waals surface area contributed by atoms with Crippen LogP contribution in [0.5, 0.6) is 0 Å². The maximum absolute atomic E-state index is 13.0. The molecular weight excluding hydrogens is 379 g/mol. The SMILES string of the molecule is COC(=O)c1c(-c2cccs2)csc1NC(=S)Nc1ccc(F)cc1. The minimum absolute atomic E-state index is 0.302. The molecule has 0 aliphatic heterocycles. The molecule has 2 N–H and O–H groups in total. The zero-order chi connectivity index (χ0) is 17.8. The number of anilines is 2. The van der Waals surface area contributed by atoms with Gasteiger partial charge in [-0.1, -0.05) is 6.07 Å². The van der Waals surface area contributed by atoms with E-state index in [-0.39, 0.29) is 5.82 Å². The highest BCUT2D eigenvalue weighted by Crippen LogP contribution is 2.38. The van der Waals surface area contributed by atoms with Crippen molar-refractivity contribution in [3.63, 3.8) is 0 Å². The number of ether oxygens (including phenoxy) is 1. The number of thiocarbonyl (C=S) groups is 1. The number of methoxy groups -OCH3 is 1. The molecule has 4 nitrogen and oxygen atoms in total. The van der Waals surface area contributed by atoms with Gasteiger partial charge in [-0.05, 0) is 47.9 Å². The van der Waals surface area contributed by atoms with Crippen LogP contribution < -0.4 is 10.6 Å². The molecule has 0 spiro atoms. The number of carbonyl (C=O) groups is 1. The number of carbonyl (C=O) groups excluding carboxylic acids is 1. The van der Waals surface area contributed by atoms with Crippen molar-refractivity contribution in [1.29, 1.82) is 0 Å². The van der Waals surface area contributed by atoms with Gasteiger partial charge in [-0.3, -0.25) is 0 Å². The molecule has 3 aromatic rings. The molecule has 0 fully saturated rings. The van der Waals surface area contributed by atoms with Crippen LogP contribution in [0.25, 0.3) is 10.4 Å². The summed E-state index contributed by atoms with van der Waals surface area (Å²) in [5.41, 5.74) is 1.89. The second kappa shape index (κ2) is 7.73. The third-order valence-electron chi connectivity index (χ3n) is 3.30. The maximum atomic E-state index is 13.0. The Kier molecular flexibility index (Phi) is 5.42. The average molecular weight is 393 g/mol. The van der Waals surface area contributed by atoms with Crippen molar-refractivity contribution in [2.45, 2.75) is 0 Å². The lowest BCUT2D eigenvalue weighted by Crippen LogP contribution is -2.20. The molecule has 3 rings (SSSR count). The van der Waals surface area contributed by atoms with Crippen LogP contribution in [-0.2, 0) is 4.74 Å². The van der Waals surface area contributed by atoms with E-state index >= 15 is 0 Å². The molecule has 0 radical (unpaired) electrons. The van der Waals surface area contributed by atoms with Crippen LogP contribution in [0.2, 0.25) is 0 Å². The summed E-state index contributed by atoms with van der Waals surface area (Å²) in [7, 11) is 1.34. The Bertz CT molecular complexity index is 889. The lowest BCUT2D eigenvalue weighted by atomic mass is 10.1. The van der Waals surface area contributed by atoms with Crippen LogP contribution in [0.3, 0.4) is 0 Å². The summed E-state index contributed by atoms with van der Waals surface area (Å²) in [5.74, 6) is -0.756. The highest BCUT2D eigenvalue weighted by molar-refractivity contribution is 7.80. The fourth-order valence-corrected chi connectivity index (χ4v) is 4.23. The van der Waals surface area contributed by atoms with E-state index in [0.717, 1.165) is 10.4 Å². The molecule has 0 saturated heterocycles. The first kappa shape index (κ1) is 17.5. The van der Waals surface area contributed by atoms with Crippen LogP contribution >= 0.6 is 34.9 Å². The molecule has 1 aromatic carbocycles. The fraction of sp³-hybridized carbons (Fsp3) is 0.0588. The van der Waals surface area contributed by atoms with E-state index in [9.17, 15) is 9.18 Å². The van der Waals surface area contributed by atoms with Gasteiger partial charge in [0.05, 0.1) is 7.11 Å². The molecule has 0 unspecified atom stereocenters. The van der Waals surface area contributed by atoms with Gasteiger partial charge in [0, 0.05) is 21.5 Å². The summed E-state index contributed by atoms with van der Waals surface area (Å²) in [6, 6.07) is 9.70. The lowest BCUT2D eigenvalue weighted by molar-refractivity contribution is 0.0603. The van der Waals surface area contributed by atoms with Crippen molar-refractivity contribution in [3.8, 4) is 10.4 Å². The van der Waals surface area contributed by atoms with Crippen molar-refractivity contribution >= 4 is 56.7 Å². The Morgan fingerprint density at radius 1 is 1.16 bits per heavy atom. The molecule has 0 saturated carbocycles. The summed E-state index contributed by atoms with van der Waals surface area (Å²) in [4.78, 5) is 13.2. The van der Waals surface area contributed by atoms with Gasteiger partial charge in [0.2, 0.25) is 0 Å². The van der Waals surface area contributed by atoms with Crippen molar-refractivity contribution in [3.05, 3.63) is 58.5 Å². The Morgan fingerprint density at radius 3 is 2.56 bits per heavy atom. The second-order valence-electron chi connectivity index (χ2n) is 4.91. The van der Waals surface area contributed by atoms with E-state index in [2.05, 4.69) is 10.6 Å². The zero-order valence-electron chi connectivity index (χ0n) is 13.0. The first-order valence-corrected chi connectivity index (χ1v) is 9.32. The molecule has 0 bridgehead atoms. The summed E-state index contributed by atoms with van der Waals surface area (Å²) in [5, 5.41) is 10.7. The normalized spacial score (nSPS) is 10.3. The highest BCUT2D eigenvalue weighted by Gasteiger charge is 2.22. The molecule has 0 aliphatic rings. The van der Waals surface area contributed by atoms with E-state index in [1.165, 1.54) is 30.6 Å². The summed E-state index contributed by atoms with van der Waals surface area (Å²) in [6.07, 6.45) is 0. The highest BCUT2D eigenvalue weighted by atomic mass is 32.1. The lowest BCUT2D eigenvalue weighted by Gasteiger charge is -2.11. The number of halogens is 1. The quantitative estimate of drug-likeness (QED) is 0.471. The zero-order valence-corrected chi connectivity index (χ0v) is 15.5. The van der Waals surface area contributed by atoms with Gasteiger partial charge in [0.1, 0.15) is 16.4 Å². The Balaban J connectivity index is 1.83. The topological polar surface area (TPSA) is 50.4 Å². The number of nitrogens with one attached hydrogen (secondary N) is 2. The monoisotopic (exact) mass is 392 g/mol. The third-order valence-corrected chi connectivity index (χ3v) is 5.30. The Labute approximate surface area is 157 Å². The number of rotatable bonds is 4. The molecular formula is C17H13FN2O2S3. The van der Waals surface area contributed by atoms with Gasteiger partial charge in [-0.2, -0.15) is 0 Å². The summed E-state index contributed by atoms with van der Waals surface area (Å²) >= 11 is 8.19. The van der Waals surface area contributed by atoms with Gasteiger partial charge < -0.3 is 15.4 Å². The summed E-state index contributed by atoms with van der Waals surface area (Å²) in [6.45, 7) is 0. The molecule has 0 aliphatic carbocycles. The van der Waals surface area contributed by atoms with Crippen LogP contribution in [0, 0.1) is 5.82 Å². The number of hydrogen-bond donors (Lipinski definition) is 2. The minimum atomic E-state index is -0.434. The maximum Gasteiger partial charge on any atom is 0.341 e. The molecule has 2 aromatic heterocycles. The Hall–Kier alpha value is -2.29. The van der Waals surface area contributed by atoms with E-state index in [4.69, 9.17) is 17.0 Å². The number of benzene rings is 1. The average Bonchev–Trinajstić information content (AvgIpc) is 3.25. The van der Waals surface area contributed by atoms with Crippen molar-refractivity contribution in [2.75, 3.05) is 17.7 Å². The fourth-order valence-electron chi connectivity index (χ4n) is 2.17. The number of esters is 1. The smallest absolute Gasteiger partial charge is 0.341 e. The van der Waals surface area contributed by atoms with Crippen LogP contribution in [0.1, 0.15) is 10.4 Å². The van der Waals surface area contributed by atoms with Gasteiger partial charge in [0.15, 0.2) is 5.11 Å². The number of thiophene rings is 2. The van der Waals surface area contributed by atoms with Crippen LogP contribution in [0.4, 0.5) is 15.1 Å². The standard InChI is InChI=1S/C17H13FN2O2S3/c1-22-16(21)14-12(13-3-2-8-24-13)9-25-15(14)20-17(23)19-11-6-4-10(18)5-7-11/h2-9H,1H3,(H2,19,20,23). The van der Waals surface area contributed by atoms with Crippen molar-refractivity contribution < 1.29 is 13.9 Å². The first-order chi connectivity index (χ1) is 12.1. The van der Waals surface area contributed by atoms with Gasteiger partial charge in [-0.15, -0.1) is 22.7 Å². The molecule has 0 amide bonds. The summed E-state index contributed by atoms with van der Waals surface area (Å²) < 4.78 is 17.9. The van der Waals surface area contributed by atoms with E-state index in [0.29, 0.717) is 21.4 Å². The van der Waals surface area contributed by atoms with Crippen molar-refractivity contribution in [1.82, 2.24) is 0 Å². The van der Waals surface area contributed by atoms with Crippen LogP contribution in [-0.4, -0.2) is 18.2 Å². The Morgan fingerprint density at radius 2 is 1.92 bits per heavy atom. The van der Waals surface area contributed by atoms with Crippen LogP contribution in [0.15, 0.2) is 47.2 Å². The second-order valence-corrected chi connectivity index (χ2v) is 7.14.